The Balaban J connectivity index is 1.57. The van der Waals surface area contributed by atoms with Crippen molar-refractivity contribution in [2.45, 2.75) is 50.6 Å². The van der Waals surface area contributed by atoms with Crippen LogP contribution in [0.5, 0.6) is 0 Å². The number of likely N-dealkylation sites (tertiary alicyclic amines) is 1. The fraction of sp³-hybridized carbons (Fsp3) is 0.786. The topological polar surface area (TPSA) is 77.0 Å². The Morgan fingerprint density at radius 3 is 2.90 bits per heavy atom. The predicted molar refractivity (Wildman–Crippen MR) is 74.8 cm³/mol. The van der Waals surface area contributed by atoms with Gasteiger partial charge in [0.05, 0.1) is 6.04 Å². The van der Waals surface area contributed by atoms with E-state index in [-0.39, 0.29) is 18.0 Å². The molecule has 1 aliphatic carbocycles. The molecule has 2 fully saturated rings. The first-order chi connectivity index (χ1) is 9.74. The van der Waals surface area contributed by atoms with Gasteiger partial charge in [-0.2, -0.15) is 5.10 Å². The molecule has 1 saturated heterocycles. The molecule has 0 spiro atoms. The van der Waals surface area contributed by atoms with Gasteiger partial charge in [0.1, 0.15) is 12.7 Å². The van der Waals surface area contributed by atoms with Crippen LogP contribution in [0, 0.1) is 5.92 Å². The van der Waals surface area contributed by atoms with Gasteiger partial charge in [0.2, 0.25) is 5.91 Å². The zero-order chi connectivity index (χ0) is 13.9. The molecule has 1 unspecified atom stereocenters. The number of nitrogens with zero attached hydrogens (tertiary/aromatic N) is 4. The van der Waals surface area contributed by atoms with Crippen molar-refractivity contribution in [2.24, 2.45) is 11.7 Å². The third-order valence-corrected chi connectivity index (χ3v) is 4.71. The fourth-order valence-corrected chi connectivity index (χ4v) is 3.48. The highest BCUT2D eigenvalue weighted by Crippen LogP contribution is 2.28. The normalized spacial score (nSPS) is 30.6. The average molecular weight is 277 g/mol. The highest BCUT2D eigenvalue weighted by Gasteiger charge is 2.30. The van der Waals surface area contributed by atoms with Gasteiger partial charge in [0, 0.05) is 25.6 Å². The third kappa shape index (κ3) is 2.85. The van der Waals surface area contributed by atoms with Gasteiger partial charge in [-0.05, 0) is 31.6 Å². The Labute approximate surface area is 119 Å². The number of carbonyl (C=O) groups is 1. The monoisotopic (exact) mass is 277 g/mol. The van der Waals surface area contributed by atoms with Gasteiger partial charge in [-0.25, -0.2) is 9.67 Å². The van der Waals surface area contributed by atoms with Crippen LogP contribution >= 0.6 is 0 Å². The van der Waals surface area contributed by atoms with Crippen LogP contribution in [0.1, 0.15) is 44.6 Å². The van der Waals surface area contributed by atoms with Crippen LogP contribution in [-0.2, 0) is 4.79 Å². The SMILES string of the molecule is N[C@@H]1CCC[C@H]1CC(=O)N1CCCC(n2cncn2)C1. The van der Waals surface area contributed by atoms with E-state index in [2.05, 4.69) is 10.1 Å². The van der Waals surface area contributed by atoms with Crippen LogP contribution in [0.15, 0.2) is 12.7 Å². The minimum atomic E-state index is 0.217. The number of piperidine rings is 1. The second-order valence-corrected chi connectivity index (χ2v) is 6.07. The lowest BCUT2D eigenvalue weighted by Gasteiger charge is -2.33. The Morgan fingerprint density at radius 1 is 1.30 bits per heavy atom. The lowest BCUT2D eigenvalue weighted by molar-refractivity contribution is -0.134. The van der Waals surface area contributed by atoms with Crippen molar-refractivity contribution in [1.82, 2.24) is 19.7 Å². The molecule has 1 amide bonds. The maximum atomic E-state index is 12.4. The summed E-state index contributed by atoms with van der Waals surface area (Å²) in [4.78, 5) is 18.4. The molecule has 0 bridgehead atoms. The second kappa shape index (κ2) is 5.91. The fourth-order valence-electron chi connectivity index (χ4n) is 3.48. The van der Waals surface area contributed by atoms with Crippen LogP contribution in [0.2, 0.25) is 0 Å². The van der Waals surface area contributed by atoms with Gasteiger partial charge < -0.3 is 10.6 Å². The van der Waals surface area contributed by atoms with E-state index in [0.717, 1.165) is 38.8 Å². The molecule has 6 heteroatoms. The van der Waals surface area contributed by atoms with Crippen molar-refractivity contribution in [2.75, 3.05) is 13.1 Å². The van der Waals surface area contributed by atoms with Crippen LogP contribution in [-0.4, -0.2) is 44.7 Å². The molecule has 1 saturated carbocycles. The number of hydrogen-bond donors (Lipinski definition) is 1. The van der Waals surface area contributed by atoms with E-state index >= 15 is 0 Å². The van der Waals surface area contributed by atoms with Crippen molar-refractivity contribution in [3.63, 3.8) is 0 Å². The molecule has 2 N–H and O–H groups in total. The maximum Gasteiger partial charge on any atom is 0.222 e. The Hall–Kier alpha value is -1.43. The molecule has 1 aromatic heterocycles. The van der Waals surface area contributed by atoms with Crippen molar-refractivity contribution >= 4 is 5.91 Å². The van der Waals surface area contributed by atoms with Gasteiger partial charge in [-0.3, -0.25) is 4.79 Å². The van der Waals surface area contributed by atoms with E-state index in [9.17, 15) is 4.79 Å². The summed E-state index contributed by atoms with van der Waals surface area (Å²) in [6.07, 6.45) is 9.35. The molecule has 3 atom stereocenters. The molecule has 0 radical (unpaired) electrons. The van der Waals surface area contributed by atoms with Crippen molar-refractivity contribution < 1.29 is 4.79 Å². The number of nitrogens with two attached hydrogens (primary N) is 1. The van der Waals surface area contributed by atoms with Gasteiger partial charge in [-0.1, -0.05) is 6.42 Å². The van der Waals surface area contributed by atoms with Gasteiger partial charge in [0.25, 0.3) is 0 Å². The molecular weight excluding hydrogens is 254 g/mol. The van der Waals surface area contributed by atoms with E-state index in [0.29, 0.717) is 12.3 Å². The number of carbonyl (C=O) groups excluding carboxylic acids is 1. The third-order valence-electron chi connectivity index (χ3n) is 4.71. The summed E-state index contributed by atoms with van der Waals surface area (Å²) in [7, 11) is 0. The van der Waals surface area contributed by atoms with E-state index in [1.807, 2.05) is 9.58 Å². The summed E-state index contributed by atoms with van der Waals surface area (Å²) >= 11 is 0. The van der Waals surface area contributed by atoms with Crippen LogP contribution in [0.25, 0.3) is 0 Å². The molecule has 20 heavy (non-hydrogen) atoms. The highest BCUT2D eigenvalue weighted by molar-refractivity contribution is 5.76. The summed E-state index contributed by atoms with van der Waals surface area (Å²) < 4.78 is 1.88. The van der Waals surface area contributed by atoms with E-state index in [1.165, 1.54) is 6.42 Å². The largest absolute Gasteiger partial charge is 0.341 e. The lowest BCUT2D eigenvalue weighted by Crippen LogP contribution is -2.42. The van der Waals surface area contributed by atoms with Crippen LogP contribution in [0.3, 0.4) is 0 Å². The van der Waals surface area contributed by atoms with Gasteiger partial charge >= 0.3 is 0 Å². The Morgan fingerprint density at radius 2 is 2.20 bits per heavy atom. The first-order valence-corrected chi connectivity index (χ1v) is 7.61. The summed E-state index contributed by atoms with van der Waals surface area (Å²) in [6.45, 7) is 1.62. The second-order valence-electron chi connectivity index (χ2n) is 6.07. The first-order valence-electron chi connectivity index (χ1n) is 7.61. The molecule has 2 aliphatic rings. The molecule has 2 heterocycles. The number of amides is 1. The Bertz CT molecular complexity index is 446. The highest BCUT2D eigenvalue weighted by atomic mass is 16.2. The van der Waals surface area contributed by atoms with E-state index in [4.69, 9.17) is 5.73 Å². The van der Waals surface area contributed by atoms with Crippen molar-refractivity contribution in [3.05, 3.63) is 12.7 Å². The molecule has 6 nitrogen and oxygen atoms in total. The van der Waals surface area contributed by atoms with E-state index in [1.54, 1.807) is 12.7 Å². The summed E-state index contributed by atoms with van der Waals surface area (Å²) in [5, 5.41) is 4.20. The molecule has 110 valence electrons. The van der Waals surface area contributed by atoms with Gasteiger partial charge in [0.15, 0.2) is 0 Å². The number of rotatable bonds is 3. The zero-order valence-corrected chi connectivity index (χ0v) is 11.8. The minimum absolute atomic E-state index is 0.217. The molecule has 1 aliphatic heterocycles. The lowest BCUT2D eigenvalue weighted by atomic mass is 9.98. The molecular formula is C14H23N5O. The quantitative estimate of drug-likeness (QED) is 0.892. The summed E-state index contributed by atoms with van der Waals surface area (Å²) in [6, 6.07) is 0.488. The number of hydrogen-bond acceptors (Lipinski definition) is 4. The predicted octanol–water partition coefficient (Wildman–Crippen LogP) is 0.959. The molecule has 1 aromatic rings. The summed E-state index contributed by atoms with van der Waals surface area (Å²) in [5.74, 6) is 0.645. The van der Waals surface area contributed by atoms with Crippen LogP contribution in [0.4, 0.5) is 0 Å². The smallest absolute Gasteiger partial charge is 0.222 e. The zero-order valence-electron chi connectivity index (χ0n) is 11.8. The van der Waals surface area contributed by atoms with Crippen molar-refractivity contribution in [1.29, 1.82) is 0 Å². The standard InChI is InChI=1S/C14H23N5O/c15-13-5-1-3-11(13)7-14(20)18-6-2-4-12(8-18)19-10-16-9-17-19/h9-13H,1-8,15H2/t11-,12?,13+/m0/s1. The van der Waals surface area contributed by atoms with E-state index < -0.39 is 0 Å². The minimum Gasteiger partial charge on any atom is -0.341 e. The molecule has 0 aromatic carbocycles. The summed E-state index contributed by atoms with van der Waals surface area (Å²) in [5.41, 5.74) is 6.07. The average Bonchev–Trinajstić information content (AvgIpc) is 3.12. The van der Waals surface area contributed by atoms with Crippen LogP contribution < -0.4 is 5.73 Å². The van der Waals surface area contributed by atoms with Gasteiger partial charge in [-0.15, -0.1) is 0 Å². The Kier molecular flexibility index (Phi) is 4.00. The number of aromatic nitrogens is 3. The van der Waals surface area contributed by atoms with Crippen molar-refractivity contribution in [3.8, 4) is 0 Å². The first kappa shape index (κ1) is 13.5. The molecule has 3 rings (SSSR count). The maximum absolute atomic E-state index is 12.4.